The topological polar surface area (TPSA) is 94.8 Å². The van der Waals surface area contributed by atoms with E-state index in [1.807, 2.05) is 24.4 Å². The minimum Gasteiger partial charge on any atom is -0.486 e. The predicted octanol–water partition coefficient (Wildman–Crippen LogP) is 2.66. The van der Waals surface area contributed by atoms with Gasteiger partial charge in [-0.05, 0) is 36.4 Å². The number of amides is 1. The minimum atomic E-state index is -0.367. The van der Waals surface area contributed by atoms with Gasteiger partial charge >= 0.3 is 0 Å². The van der Waals surface area contributed by atoms with Gasteiger partial charge in [0.2, 0.25) is 0 Å². The molecule has 154 valence electrons. The molecule has 0 aliphatic carbocycles. The number of pyridine rings is 1. The summed E-state index contributed by atoms with van der Waals surface area (Å²) in [6.07, 6.45) is 1.83. The second kappa shape index (κ2) is 7.91. The summed E-state index contributed by atoms with van der Waals surface area (Å²) in [5.74, 6) is 1.09. The largest absolute Gasteiger partial charge is 0.486 e. The molecule has 0 bridgehead atoms. The van der Waals surface area contributed by atoms with E-state index in [2.05, 4.69) is 15.5 Å². The van der Waals surface area contributed by atoms with Crippen LogP contribution in [0.1, 0.15) is 32.1 Å². The highest BCUT2D eigenvalue weighted by Crippen LogP contribution is 2.31. The molecule has 1 aliphatic rings. The van der Waals surface area contributed by atoms with Crippen LogP contribution >= 0.6 is 0 Å². The van der Waals surface area contributed by atoms with E-state index in [9.17, 15) is 9.59 Å². The van der Waals surface area contributed by atoms with Crippen molar-refractivity contribution in [2.45, 2.75) is 6.54 Å². The zero-order valence-electron chi connectivity index (χ0n) is 16.4. The summed E-state index contributed by atoms with van der Waals surface area (Å²) in [4.78, 5) is 26.1. The smallest absolute Gasteiger partial charge is 0.252 e. The quantitative estimate of drug-likeness (QED) is 0.505. The van der Waals surface area contributed by atoms with Crippen molar-refractivity contribution in [1.82, 2.24) is 19.9 Å². The molecule has 4 aromatic rings. The van der Waals surface area contributed by atoms with Crippen molar-refractivity contribution >= 4 is 17.3 Å². The van der Waals surface area contributed by atoms with Crippen LogP contribution in [0, 0.1) is 0 Å². The maximum absolute atomic E-state index is 13.2. The lowest BCUT2D eigenvalue weighted by molar-refractivity contribution is 0.0938. The van der Waals surface area contributed by atoms with Gasteiger partial charge in [-0.3, -0.25) is 14.0 Å². The Hall–Kier alpha value is -4.20. The van der Waals surface area contributed by atoms with E-state index < -0.39 is 0 Å². The van der Waals surface area contributed by atoms with Crippen LogP contribution in [0.3, 0.4) is 0 Å². The van der Waals surface area contributed by atoms with E-state index in [1.54, 1.807) is 46.9 Å². The molecular formula is C23H18N4O4. The van der Waals surface area contributed by atoms with E-state index >= 15 is 0 Å². The number of benzene rings is 2. The third-order valence-electron chi connectivity index (χ3n) is 5.01. The van der Waals surface area contributed by atoms with Crippen molar-refractivity contribution in [2.24, 2.45) is 0 Å². The van der Waals surface area contributed by atoms with Crippen molar-refractivity contribution < 1.29 is 19.1 Å². The summed E-state index contributed by atoms with van der Waals surface area (Å²) in [6.45, 7) is 1.09. The Balaban J connectivity index is 1.38. The molecule has 0 atom stereocenters. The summed E-state index contributed by atoms with van der Waals surface area (Å²) < 4.78 is 12.9. The second-order valence-electron chi connectivity index (χ2n) is 6.96. The van der Waals surface area contributed by atoms with Gasteiger partial charge in [0.1, 0.15) is 13.2 Å². The van der Waals surface area contributed by atoms with Crippen LogP contribution in [0.2, 0.25) is 0 Å². The van der Waals surface area contributed by atoms with Crippen molar-refractivity contribution in [3.05, 3.63) is 89.4 Å². The molecule has 1 aliphatic heterocycles. The van der Waals surface area contributed by atoms with Gasteiger partial charge in [-0.2, -0.15) is 0 Å². The van der Waals surface area contributed by atoms with Crippen molar-refractivity contribution in [1.29, 1.82) is 0 Å². The van der Waals surface area contributed by atoms with Crippen LogP contribution in [-0.2, 0) is 6.54 Å². The van der Waals surface area contributed by atoms with Gasteiger partial charge in [0.25, 0.3) is 5.91 Å². The highest BCUT2D eigenvalue weighted by molar-refractivity contribution is 6.15. The number of rotatable bonds is 5. The fourth-order valence-corrected chi connectivity index (χ4v) is 3.49. The average Bonchev–Trinajstić information content (AvgIpc) is 3.25. The molecule has 0 unspecified atom stereocenters. The second-order valence-corrected chi connectivity index (χ2v) is 6.96. The number of ketones is 1. The number of fused-ring (bicyclic) bond motifs is 2. The summed E-state index contributed by atoms with van der Waals surface area (Å²) in [5, 5.41) is 11.0. The van der Waals surface area contributed by atoms with Crippen LogP contribution in [0.15, 0.2) is 66.9 Å². The number of carbonyl (C=O) groups is 2. The van der Waals surface area contributed by atoms with E-state index in [0.29, 0.717) is 47.3 Å². The third-order valence-corrected chi connectivity index (χ3v) is 5.01. The Morgan fingerprint density at radius 2 is 1.68 bits per heavy atom. The van der Waals surface area contributed by atoms with Crippen LogP contribution < -0.4 is 14.8 Å². The Kier molecular flexibility index (Phi) is 4.80. The van der Waals surface area contributed by atoms with Gasteiger partial charge in [-0.1, -0.05) is 24.3 Å². The molecule has 0 spiro atoms. The lowest BCUT2D eigenvalue weighted by atomic mass is 9.97. The zero-order valence-corrected chi connectivity index (χ0v) is 16.4. The van der Waals surface area contributed by atoms with E-state index in [-0.39, 0.29) is 23.8 Å². The van der Waals surface area contributed by atoms with Crippen LogP contribution in [0.25, 0.3) is 5.65 Å². The van der Waals surface area contributed by atoms with Gasteiger partial charge in [0, 0.05) is 17.3 Å². The van der Waals surface area contributed by atoms with Gasteiger partial charge in [-0.15, -0.1) is 10.2 Å². The van der Waals surface area contributed by atoms with Crippen LogP contribution in [0.5, 0.6) is 11.5 Å². The molecule has 0 saturated carbocycles. The average molecular weight is 414 g/mol. The molecule has 31 heavy (non-hydrogen) atoms. The fourth-order valence-electron chi connectivity index (χ4n) is 3.49. The van der Waals surface area contributed by atoms with Gasteiger partial charge in [0.15, 0.2) is 28.8 Å². The molecule has 8 heteroatoms. The van der Waals surface area contributed by atoms with Gasteiger partial charge in [-0.25, -0.2) is 0 Å². The molecule has 1 N–H and O–H groups in total. The maximum atomic E-state index is 13.2. The number of carbonyl (C=O) groups excluding carboxylic acids is 2. The first kappa shape index (κ1) is 18.8. The molecule has 1 amide bonds. The summed E-state index contributed by atoms with van der Waals surface area (Å²) in [5.41, 5.74) is 1.72. The summed E-state index contributed by atoms with van der Waals surface area (Å²) in [7, 11) is 0. The first-order valence-corrected chi connectivity index (χ1v) is 9.81. The normalized spacial score (nSPS) is 12.5. The van der Waals surface area contributed by atoms with E-state index in [4.69, 9.17) is 9.47 Å². The van der Waals surface area contributed by atoms with Crippen LogP contribution in [0.4, 0.5) is 0 Å². The van der Waals surface area contributed by atoms with Crippen molar-refractivity contribution in [3.63, 3.8) is 0 Å². The lowest BCUT2D eigenvalue weighted by Gasteiger charge is -2.18. The first-order chi connectivity index (χ1) is 15.2. The molecule has 2 aromatic carbocycles. The Morgan fingerprint density at radius 3 is 2.55 bits per heavy atom. The van der Waals surface area contributed by atoms with Crippen molar-refractivity contribution in [2.75, 3.05) is 13.2 Å². The first-order valence-electron chi connectivity index (χ1n) is 9.81. The minimum absolute atomic E-state index is 0.177. The highest BCUT2D eigenvalue weighted by Gasteiger charge is 2.21. The standard InChI is InChI=1S/C23H18N4O4/c28-22(15-8-9-18-19(13-15)31-12-11-30-18)16-5-1-2-6-17(16)23(29)24-14-21-26-25-20-7-3-4-10-27(20)21/h1-10,13H,11-12,14H2,(H,24,29). The molecule has 8 nitrogen and oxygen atoms in total. The molecule has 5 rings (SSSR count). The zero-order chi connectivity index (χ0) is 21.2. The molecule has 0 saturated heterocycles. The third kappa shape index (κ3) is 3.59. The maximum Gasteiger partial charge on any atom is 0.252 e. The molecular weight excluding hydrogens is 396 g/mol. The van der Waals surface area contributed by atoms with E-state index in [1.165, 1.54) is 0 Å². The molecule has 0 fully saturated rings. The van der Waals surface area contributed by atoms with Crippen molar-refractivity contribution in [3.8, 4) is 11.5 Å². The van der Waals surface area contributed by atoms with E-state index in [0.717, 1.165) is 0 Å². The number of nitrogens with one attached hydrogen (secondary N) is 1. The number of aromatic nitrogens is 3. The SMILES string of the molecule is O=C(NCc1nnc2ccccn12)c1ccccc1C(=O)c1ccc2c(c1)OCCO2. The van der Waals surface area contributed by atoms with Crippen LogP contribution in [-0.4, -0.2) is 39.5 Å². The monoisotopic (exact) mass is 414 g/mol. The lowest BCUT2D eigenvalue weighted by Crippen LogP contribution is -2.26. The fraction of sp³-hybridized carbons (Fsp3) is 0.130. The number of ether oxygens (including phenoxy) is 2. The molecule has 2 aromatic heterocycles. The highest BCUT2D eigenvalue weighted by atomic mass is 16.6. The molecule has 0 radical (unpaired) electrons. The Labute approximate surface area is 177 Å². The van der Waals surface area contributed by atoms with Gasteiger partial charge < -0.3 is 14.8 Å². The summed E-state index contributed by atoms with van der Waals surface area (Å²) in [6, 6.07) is 17.3. The summed E-state index contributed by atoms with van der Waals surface area (Å²) >= 11 is 0. The number of nitrogens with zero attached hydrogens (tertiary/aromatic N) is 3. The molecule has 3 heterocycles. The van der Waals surface area contributed by atoms with Gasteiger partial charge in [0.05, 0.1) is 12.1 Å². The predicted molar refractivity (Wildman–Crippen MR) is 111 cm³/mol. The Bertz CT molecular complexity index is 1300. The number of hydrogen-bond acceptors (Lipinski definition) is 6. The Morgan fingerprint density at radius 1 is 0.903 bits per heavy atom. The number of hydrogen-bond donors (Lipinski definition) is 1.